The fraction of sp³-hybridized carbons (Fsp3) is 0.571. The monoisotopic (exact) mass is 202 g/mol. The summed E-state index contributed by atoms with van der Waals surface area (Å²) in [5, 5.41) is 10.2. The quantitative estimate of drug-likeness (QED) is 0.777. The number of benzene rings is 1. The molecule has 15 heavy (non-hydrogen) atoms. The first-order valence-corrected chi connectivity index (χ1v) is 6.03. The number of hydrogen-bond donors (Lipinski definition) is 1. The van der Waals surface area contributed by atoms with Crippen molar-refractivity contribution in [1.82, 2.24) is 0 Å². The van der Waals surface area contributed by atoms with Crippen LogP contribution in [0.1, 0.15) is 55.2 Å². The van der Waals surface area contributed by atoms with Crippen molar-refractivity contribution >= 4 is 0 Å². The Morgan fingerprint density at radius 1 is 1.33 bits per heavy atom. The van der Waals surface area contributed by atoms with E-state index in [0.29, 0.717) is 17.6 Å². The highest BCUT2D eigenvalue weighted by molar-refractivity contribution is 5.54. The molecule has 1 saturated carbocycles. The molecule has 0 aromatic heterocycles. The highest BCUT2D eigenvalue weighted by Gasteiger charge is 2.33. The van der Waals surface area contributed by atoms with Gasteiger partial charge in [-0.25, -0.2) is 0 Å². The van der Waals surface area contributed by atoms with Gasteiger partial charge in [0.15, 0.2) is 0 Å². The molecule has 0 heterocycles. The number of aromatic hydroxyl groups is 1. The van der Waals surface area contributed by atoms with Gasteiger partial charge in [0, 0.05) is 5.56 Å². The van der Waals surface area contributed by atoms with Crippen molar-refractivity contribution in [1.29, 1.82) is 0 Å². The Balaban J connectivity index is 2.01. The maximum atomic E-state index is 10.2. The molecule has 2 aliphatic carbocycles. The van der Waals surface area contributed by atoms with E-state index in [1.165, 1.54) is 29.5 Å². The summed E-state index contributed by atoms with van der Waals surface area (Å²) < 4.78 is 0. The molecule has 0 aliphatic heterocycles. The van der Waals surface area contributed by atoms with Crippen molar-refractivity contribution in [3.8, 4) is 5.75 Å². The zero-order valence-electron chi connectivity index (χ0n) is 9.46. The Morgan fingerprint density at radius 3 is 2.67 bits per heavy atom. The van der Waals surface area contributed by atoms with Gasteiger partial charge in [0.2, 0.25) is 0 Å². The minimum Gasteiger partial charge on any atom is -0.507 e. The average molecular weight is 202 g/mol. The van der Waals surface area contributed by atoms with Gasteiger partial charge in [-0.3, -0.25) is 0 Å². The van der Waals surface area contributed by atoms with Crippen LogP contribution in [0.25, 0.3) is 0 Å². The zero-order valence-corrected chi connectivity index (χ0v) is 9.46. The van der Waals surface area contributed by atoms with E-state index in [2.05, 4.69) is 26.0 Å². The smallest absolute Gasteiger partial charge is 0.122 e. The maximum absolute atomic E-state index is 10.2. The van der Waals surface area contributed by atoms with E-state index in [4.69, 9.17) is 0 Å². The third-order valence-corrected chi connectivity index (χ3v) is 4.18. The SMILES string of the molecule is CC1Cc2ccc([C@H](C)C3CC3)c(O)c21. The Bertz CT molecular complexity index is 404. The second kappa shape index (κ2) is 3.01. The van der Waals surface area contributed by atoms with E-state index in [1.807, 2.05) is 0 Å². The number of rotatable bonds is 2. The van der Waals surface area contributed by atoms with Gasteiger partial charge < -0.3 is 5.11 Å². The number of fused-ring (bicyclic) bond motifs is 1. The molecule has 3 rings (SSSR count). The lowest BCUT2D eigenvalue weighted by Crippen LogP contribution is -2.15. The van der Waals surface area contributed by atoms with Gasteiger partial charge >= 0.3 is 0 Å². The highest BCUT2D eigenvalue weighted by Crippen LogP contribution is 2.49. The van der Waals surface area contributed by atoms with Gasteiger partial charge in [0.1, 0.15) is 5.75 Å². The van der Waals surface area contributed by atoms with E-state index < -0.39 is 0 Å². The summed E-state index contributed by atoms with van der Waals surface area (Å²) in [5.74, 6) is 2.53. The maximum Gasteiger partial charge on any atom is 0.122 e. The second-order valence-electron chi connectivity index (χ2n) is 5.31. The van der Waals surface area contributed by atoms with E-state index in [1.54, 1.807) is 0 Å². The molecule has 1 aromatic rings. The molecule has 0 radical (unpaired) electrons. The summed E-state index contributed by atoms with van der Waals surface area (Å²) in [6.45, 7) is 4.45. The number of hydrogen-bond acceptors (Lipinski definition) is 1. The Kier molecular flexibility index (Phi) is 1.86. The Labute approximate surface area is 91.1 Å². The zero-order chi connectivity index (χ0) is 10.6. The third kappa shape index (κ3) is 1.29. The Morgan fingerprint density at radius 2 is 2.07 bits per heavy atom. The molecular formula is C14H18O. The van der Waals surface area contributed by atoms with Crippen LogP contribution in [-0.4, -0.2) is 5.11 Å². The third-order valence-electron chi connectivity index (χ3n) is 4.18. The molecule has 1 fully saturated rings. The normalized spacial score (nSPS) is 25.6. The van der Waals surface area contributed by atoms with Crippen molar-refractivity contribution in [3.05, 3.63) is 28.8 Å². The van der Waals surface area contributed by atoms with Gasteiger partial charge in [-0.15, -0.1) is 0 Å². The lowest BCUT2D eigenvalue weighted by molar-refractivity contribution is 0.436. The standard InChI is InChI=1S/C14H18O/c1-8-7-11-5-6-12(14(15)13(8)11)9(2)10-3-4-10/h5-6,8-10,15H,3-4,7H2,1-2H3/t8?,9-/m1/s1. The van der Waals surface area contributed by atoms with Crippen LogP contribution in [0, 0.1) is 5.92 Å². The van der Waals surface area contributed by atoms with Crippen molar-refractivity contribution in [2.75, 3.05) is 0 Å². The van der Waals surface area contributed by atoms with Gasteiger partial charge in [-0.1, -0.05) is 26.0 Å². The average Bonchev–Trinajstić information content (AvgIpc) is 2.98. The highest BCUT2D eigenvalue weighted by atomic mass is 16.3. The van der Waals surface area contributed by atoms with Crippen LogP contribution >= 0.6 is 0 Å². The summed E-state index contributed by atoms with van der Waals surface area (Å²) in [7, 11) is 0. The second-order valence-corrected chi connectivity index (χ2v) is 5.31. The fourth-order valence-corrected chi connectivity index (χ4v) is 2.91. The van der Waals surface area contributed by atoms with Gasteiger partial charge in [-0.2, -0.15) is 0 Å². The van der Waals surface area contributed by atoms with Crippen LogP contribution in [0.3, 0.4) is 0 Å². The number of phenols is 1. The molecule has 0 bridgehead atoms. The van der Waals surface area contributed by atoms with E-state index in [0.717, 1.165) is 12.3 Å². The summed E-state index contributed by atoms with van der Waals surface area (Å²) in [6, 6.07) is 4.35. The topological polar surface area (TPSA) is 20.2 Å². The van der Waals surface area contributed by atoms with E-state index in [9.17, 15) is 5.11 Å². The largest absolute Gasteiger partial charge is 0.507 e. The first kappa shape index (κ1) is 9.26. The molecular weight excluding hydrogens is 184 g/mol. The van der Waals surface area contributed by atoms with Crippen molar-refractivity contribution < 1.29 is 5.11 Å². The summed E-state index contributed by atoms with van der Waals surface area (Å²) >= 11 is 0. The van der Waals surface area contributed by atoms with Crippen LogP contribution < -0.4 is 0 Å². The fourth-order valence-electron chi connectivity index (χ4n) is 2.91. The van der Waals surface area contributed by atoms with Crippen molar-refractivity contribution in [2.45, 2.75) is 44.9 Å². The van der Waals surface area contributed by atoms with Gasteiger partial charge in [-0.05, 0) is 48.1 Å². The van der Waals surface area contributed by atoms with Gasteiger partial charge in [0.25, 0.3) is 0 Å². The molecule has 80 valence electrons. The van der Waals surface area contributed by atoms with Crippen LogP contribution in [0.15, 0.2) is 12.1 Å². The van der Waals surface area contributed by atoms with Crippen LogP contribution in [-0.2, 0) is 6.42 Å². The van der Waals surface area contributed by atoms with Crippen LogP contribution in [0.4, 0.5) is 0 Å². The Hall–Kier alpha value is -0.980. The van der Waals surface area contributed by atoms with Crippen LogP contribution in [0.5, 0.6) is 5.75 Å². The first-order chi connectivity index (χ1) is 7.18. The molecule has 0 saturated heterocycles. The molecule has 0 spiro atoms. The summed E-state index contributed by atoms with van der Waals surface area (Å²) in [4.78, 5) is 0. The minimum absolute atomic E-state index is 0.545. The molecule has 1 heteroatoms. The van der Waals surface area contributed by atoms with Crippen molar-refractivity contribution in [3.63, 3.8) is 0 Å². The van der Waals surface area contributed by atoms with Crippen molar-refractivity contribution in [2.24, 2.45) is 5.92 Å². The number of phenolic OH excluding ortho intramolecular Hbond substituents is 1. The molecule has 0 amide bonds. The first-order valence-electron chi connectivity index (χ1n) is 6.03. The summed E-state index contributed by atoms with van der Waals surface area (Å²) in [5.41, 5.74) is 3.76. The summed E-state index contributed by atoms with van der Waals surface area (Å²) in [6.07, 6.45) is 3.82. The molecule has 1 aromatic carbocycles. The molecule has 2 atom stereocenters. The predicted molar refractivity (Wildman–Crippen MR) is 61.4 cm³/mol. The predicted octanol–water partition coefficient (Wildman–Crippen LogP) is 3.57. The molecule has 1 N–H and O–H groups in total. The lowest BCUT2D eigenvalue weighted by atomic mass is 9.75. The molecule has 1 nitrogen and oxygen atoms in total. The molecule has 2 aliphatic rings. The molecule has 1 unspecified atom stereocenters. The lowest BCUT2D eigenvalue weighted by Gasteiger charge is -2.30. The minimum atomic E-state index is 0.545. The van der Waals surface area contributed by atoms with Gasteiger partial charge in [0.05, 0.1) is 0 Å². The van der Waals surface area contributed by atoms with Crippen LogP contribution in [0.2, 0.25) is 0 Å². The van der Waals surface area contributed by atoms with E-state index in [-0.39, 0.29) is 0 Å². The van der Waals surface area contributed by atoms with E-state index >= 15 is 0 Å².